The Hall–Kier alpha value is -2.53. The number of nitrogens with one attached hydrogen (secondary N) is 1. The lowest BCUT2D eigenvalue weighted by Gasteiger charge is -2.15. The van der Waals surface area contributed by atoms with E-state index in [1.165, 1.54) is 0 Å². The van der Waals surface area contributed by atoms with Gasteiger partial charge in [0.1, 0.15) is 18.5 Å². The van der Waals surface area contributed by atoms with E-state index in [9.17, 15) is 5.11 Å². The van der Waals surface area contributed by atoms with Crippen LogP contribution in [0, 0.1) is 12.3 Å². The van der Waals surface area contributed by atoms with E-state index in [4.69, 9.17) is 10.1 Å². The third-order valence-electron chi connectivity index (χ3n) is 4.34. The summed E-state index contributed by atoms with van der Waals surface area (Å²) >= 11 is 0. The average molecular weight is 339 g/mol. The first-order valence-corrected chi connectivity index (χ1v) is 8.71. The molecule has 0 aliphatic carbocycles. The Labute approximate surface area is 147 Å². The highest BCUT2D eigenvalue weighted by Gasteiger charge is 2.14. The van der Waals surface area contributed by atoms with E-state index in [0.717, 1.165) is 35.3 Å². The molecule has 0 saturated carbocycles. The third-order valence-corrected chi connectivity index (χ3v) is 4.34. The van der Waals surface area contributed by atoms with Crippen molar-refractivity contribution in [3.8, 4) is 5.75 Å². The third kappa shape index (κ3) is 3.61. The van der Waals surface area contributed by atoms with E-state index in [0.29, 0.717) is 12.2 Å². The lowest BCUT2D eigenvalue weighted by molar-refractivity contribution is 0.0917. The highest BCUT2D eigenvalue weighted by Crippen LogP contribution is 2.17. The molecule has 1 unspecified atom stereocenters. The van der Waals surface area contributed by atoms with Crippen LogP contribution < -0.4 is 10.4 Å². The zero-order chi connectivity index (χ0) is 17.8. The van der Waals surface area contributed by atoms with Crippen LogP contribution in [0.3, 0.4) is 0 Å². The van der Waals surface area contributed by atoms with Gasteiger partial charge in [0.2, 0.25) is 5.62 Å². The lowest BCUT2D eigenvalue weighted by Crippen LogP contribution is -2.31. The van der Waals surface area contributed by atoms with Crippen molar-refractivity contribution in [1.29, 1.82) is 5.41 Å². The molecule has 25 heavy (non-hydrogen) atoms. The Morgan fingerprint density at radius 2 is 1.68 bits per heavy atom. The molecule has 0 amide bonds. The molecule has 5 heteroatoms. The molecular weight excluding hydrogens is 314 g/mol. The molecule has 0 spiro atoms. The SMILES string of the molecule is CCCn1c(=N)n(CC(O)COc2ccccc2C)c2ccccc21. The molecule has 0 fully saturated rings. The number of para-hydroxylation sites is 3. The number of imidazole rings is 1. The summed E-state index contributed by atoms with van der Waals surface area (Å²) in [6, 6.07) is 15.7. The zero-order valence-corrected chi connectivity index (χ0v) is 14.8. The van der Waals surface area contributed by atoms with Crippen LogP contribution in [0.15, 0.2) is 48.5 Å². The van der Waals surface area contributed by atoms with Crippen LogP contribution in [0.1, 0.15) is 18.9 Å². The van der Waals surface area contributed by atoms with Gasteiger partial charge in [-0.05, 0) is 37.1 Å². The molecule has 0 aliphatic heterocycles. The molecule has 3 rings (SSSR count). The summed E-state index contributed by atoms with van der Waals surface area (Å²) < 4.78 is 9.59. The number of hydrogen-bond donors (Lipinski definition) is 2. The van der Waals surface area contributed by atoms with Gasteiger partial charge in [-0.2, -0.15) is 0 Å². The smallest absolute Gasteiger partial charge is 0.203 e. The normalized spacial score (nSPS) is 12.4. The van der Waals surface area contributed by atoms with Gasteiger partial charge >= 0.3 is 0 Å². The molecule has 132 valence electrons. The van der Waals surface area contributed by atoms with Crippen LogP contribution in [0.25, 0.3) is 11.0 Å². The number of aliphatic hydroxyl groups excluding tert-OH is 1. The summed E-state index contributed by atoms with van der Waals surface area (Å²) in [7, 11) is 0. The molecule has 5 nitrogen and oxygen atoms in total. The van der Waals surface area contributed by atoms with Gasteiger partial charge in [-0.3, -0.25) is 5.41 Å². The highest BCUT2D eigenvalue weighted by molar-refractivity contribution is 5.75. The molecule has 1 atom stereocenters. The van der Waals surface area contributed by atoms with E-state index >= 15 is 0 Å². The number of aromatic nitrogens is 2. The second-order valence-corrected chi connectivity index (χ2v) is 6.30. The topological polar surface area (TPSA) is 63.2 Å². The van der Waals surface area contributed by atoms with E-state index < -0.39 is 6.10 Å². The minimum absolute atomic E-state index is 0.199. The lowest BCUT2D eigenvalue weighted by atomic mass is 10.2. The predicted molar refractivity (Wildman–Crippen MR) is 98.8 cm³/mol. The summed E-state index contributed by atoms with van der Waals surface area (Å²) in [5.74, 6) is 0.783. The second kappa shape index (κ2) is 7.57. The minimum Gasteiger partial charge on any atom is -0.491 e. The Morgan fingerprint density at radius 1 is 1.04 bits per heavy atom. The number of aryl methyl sites for hydroxylation is 2. The summed E-state index contributed by atoms with van der Waals surface area (Å²) in [6.45, 7) is 5.41. The standard InChI is InChI=1S/C20H25N3O2/c1-3-12-22-17-9-5-6-10-18(17)23(20(22)21)13-16(24)14-25-19-11-7-4-8-15(19)2/h4-11,16,21,24H,3,12-14H2,1-2H3. The highest BCUT2D eigenvalue weighted by atomic mass is 16.5. The quantitative estimate of drug-likeness (QED) is 0.695. The van der Waals surface area contributed by atoms with Gasteiger partial charge in [0.15, 0.2) is 0 Å². The van der Waals surface area contributed by atoms with E-state index in [-0.39, 0.29) is 6.61 Å². The molecule has 1 aromatic heterocycles. The number of ether oxygens (including phenoxy) is 1. The van der Waals surface area contributed by atoms with Crippen molar-refractivity contribution in [3.63, 3.8) is 0 Å². The van der Waals surface area contributed by atoms with Crippen molar-refractivity contribution in [2.75, 3.05) is 6.61 Å². The van der Waals surface area contributed by atoms with Crippen molar-refractivity contribution < 1.29 is 9.84 Å². The number of nitrogens with zero attached hydrogens (tertiary/aromatic N) is 2. The fraction of sp³-hybridized carbons (Fsp3) is 0.350. The Balaban J connectivity index is 1.79. The van der Waals surface area contributed by atoms with Gasteiger partial charge in [-0.15, -0.1) is 0 Å². The van der Waals surface area contributed by atoms with Gasteiger partial charge in [0.05, 0.1) is 17.6 Å². The number of hydrogen-bond acceptors (Lipinski definition) is 3. The Morgan fingerprint density at radius 3 is 2.36 bits per heavy atom. The monoisotopic (exact) mass is 339 g/mol. The van der Waals surface area contributed by atoms with Gasteiger partial charge in [0, 0.05) is 6.54 Å². The maximum absolute atomic E-state index is 10.4. The fourth-order valence-electron chi connectivity index (χ4n) is 3.10. The molecule has 2 aromatic carbocycles. The van der Waals surface area contributed by atoms with Crippen molar-refractivity contribution in [3.05, 3.63) is 59.7 Å². The van der Waals surface area contributed by atoms with E-state index in [1.54, 1.807) is 0 Å². The largest absolute Gasteiger partial charge is 0.491 e. The minimum atomic E-state index is -0.686. The first-order chi connectivity index (χ1) is 12.1. The molecule has 0 saturated heterocycles. The zero-order valence-electron chi connectivity index (χ0n) is 14.8. The maximum Gasteiger partial charge on any atom is 0.203 e. The van der Waals surface area contributed by atoms with Crippen molar-refractivity contribution in [2.45, 2.75) is 39.5 Å². The Bertz CT molecular complexity index is 911. The van der Waals surface area contributed by atoms with Gasteiger partial charge in [-0.25, -0.2) is 0 Å². The molecule has 0 aliphatic rings. The van der Waals surface area contributed by atoms with Crippen LogP contribution in [-0.4, -0.2) is 27.0 Å². The van der Waals surface area contributed by atoms with Crippen molar-refractivity contribution >= 4 is 11.0 Å². The van der Waals surface area contributed by atoms with Gasteiger partial charge < -0.3 is 19.0 Å². The summed E-state index contributed by atoms with van der Waals surface area (Å²) in [5.41, 5.74) is 3.46. The first-order valence-electron chi connectivity index (χ1n) is 8.71. The van der Waals surface area contributed by atoms with Gasteiger partial charge in [-0.1, -0.05) is 37.3 Å². The summed E-state index contributed by atoms with van der Waals surface area (Å²) in [4.78, 5) is 0. The summed E-state index contributed by atoms with van der Waals surface area (Å²) in [5, 5.41) is 18.9. The predicted octanol–water partition coefficient (Wildman–Crippen LogP) is 3.08. The number of benzene rings is 2. The summed E-state index contributed by atoms with van der Waals surface area (Å²) in [6.07, 6.45) is 0.276. The van der Waals surface area contributed by atoms with Gasteiger partial charge in [0.25, 0.3) is 0 Å². The number of aliphatic hydroxyl groups is 1. The van der Waals surface area contributed by atoms with Crippen LogP contribution in [-0.2, 0) is 13.1 Å². The number of rotatable bonds is 7. The van der Waals surface area contributed by atoms with Crippen molar-refractivity contribution in [1.82, 2.24) is 9.13 Å². The molecule has 1 heterocycles. The molecule has 2 N–H and O–H groups in total. The van der Waals surface area contributed by atoms with Crippen LogP contribution >= 0.6 is 0 Å². The Kier molecular flexibility index (Phi) is 5.24. The fourth-order valence-corrected chi connectivity index (χ4v) is 3.10. The van der Waals surface area contributed by atoms with E-state index in [2.05, 4.69) is 6.92 Å². The van der Waals surface area contributed by atoms with Crippen molar-refractivity contribution in [2.24, 2.45) is 0 Å². The number of fused-ring (bicyclic) bond motifs is 1. The molecule has 0 radical (unpaired) electrons. The average Bonchev–Trinajstić information content (AvgIpc) is 2.87. The maximum atomic E-state index is 10.4. The molecule has 0 bridgehead atoms. The molecule has 3 aromatic rings. The van der Waals surface area contributed by atoms with Crippen LogP contribution in [0.4, 0.5) is 0 Å². The van der Waals surface area contributed by atoms with Crippen LogP contribution in [0.5, 0.6) is 5.75 Å². The van der Waals surface area contributed by atoms with E-state index in [1.807, 2.05) is 64.6 Å². The molecular formula is C20H25N3O2. The van der Waals surface area contributed by atoms with Crippen LogP contribution in [0.2, 0.25) is 0 Å². The second-order valence-electron chi connectivity index (χ2n) is 6.30. The first kappa shape index (κ1) is 17.3.